The number of quaternary nitrogens is 1. The molecule has 2 amide bonds. The minimum atomic E-state index is -4.63. The lowest BCUT2D eigenvalue weighted by atomic mass is 10.2. The predicted octanol–water partition coefficient (Wildman–Crippen LogP) is 2.77. The van der Waals surface area contributed by atoms with E-state index in [4.69, 9.17) is 16.3 Å². The van der Waals surface area contributed by atoms with Crippen LogP contribution in [0, 0.1) is 6.92 Å². The minimum absolute atomic E-state index is 0.0288. The van der Waals surface area contributed by atoms with E-state index in [9.17, 15) is 22.8 Å². The van der Waals surface area contributed by atoms with Gasteiger partial charge in [-0.2, -0.15) is 13.2 Å². The first kappa shape index (κ1) is 23.5. The number of hydrogen-bond acceptors (Lipinski definition) is 3. The van der Waals surface area contributed by atoms with E-state index in [1.807, 2.05) is 13.0 Å². The maximum Gasteiger partial charge on any atom is 0.417 e. The molecule has 0 bridgehead atoms. The molecule has 0 fully saturated rings. The van der Waals surface area contributed by atoms with Crippen molar-refractivity contribution in [2.24, 2.45) is 0 Å². The first-order valence-corrected chi connectivity index (χ1v) is 9.29. The molecule has 1 atom stereocenters. The number of halogens is 4. The summed E-state index contributed by atoms with van der Waals surface area (Å²) >= 11 is 5.57. The fourth-order valence-corrected chi connectivity index (χ4v) is 2.97. The summed E-state index contributed by atoms with van der Waals surface area (Å²) in [6.45, 7) is 1.72. The van der Waals surface area contributed by atoms with Crippen LogP contribution < -0.4 is 20.3 Å². The Labute approximate surface area is 177 Å². The zero-order valence-corrected chi connectivity index (χ0v) is 17.4. The highest BCUT2D eigenvalue weighted by atomic mass is 35.5. The Hall–Kier alpha value is -2.78. The van der Waals surface area contributed by atoms with Gasteiger partial charge in [0.15, 0.2) is 13.1 Å². The third kappa shape index (κ3) is 6.64. The van der Waals surface area contributed by atoms with Crippen molar-refractivity contribution < 1.29 is 32.4 Å². The quantitative estimate of drug-likeness (QED) is 0.615. The highest BCUT2D eigenvalue weighted by Gasteiger charge is 2.33. The van der Waals surface area contributed by atoms with Gasteiger partial charge in [0.1, 0.15) is 5.75 Å². The monoisotopic (exact) mass is 444 g/mol. The molecule has 1 unspecified atom stereocenters. The van der Waals surface area contributed by atoms with Crippen molar-refractivity contribution in [1.82, 2.24) is 0 Å². The van der Waals surface area contributed by atoms with Crippen LogP contribution in [-0.4, -0.2) is 39.1 Å². The van der Waals surface area contributed by atoms with Crippen molar-refractivity contribution in [3.8, 4) is 5.75 Å². The van der Waals surface area contributed by atoms with Gasteiger partial charge in [-0.3, -0.25) is 9.59 Å². The van der Waals surface area contributed by atoms with Gasteiger partial charge in [-0.1, -0.05) is 17.7 Å². The third-order valence-corrected chi connectivity index (χ3v) is 4.44. The van der Waals surface area contributed by atoms with E-state index in [-0.39, 0.29) is 24.7 Å². The molecule has 0 saturated heterocycles. The van der Waals surface area contributed by atoms with E-state index in [0.29, 0.717) is 16.3 Å². The Morgan fingerprint density at radius 2 is 1.70 bits per heavy atom. The number of carbonyl (C=O) groups excluding carboxylic acids is 2. The number of carbonyl (C=O) groups is 2. The highest BCUT2D eigenvalue weighted by molar-refractivity contribution is 6.31. The number of alkyl halides is 3. The molecular weight excluding hydrogens is 423 g/mol. The van der Waals surface area contributed by atoms with E-state index < -0.39 is 22.7 Å². The number of anilines is 2. The topological polar surface area (TPSA) is 71.9 Å². The summed E-state index contributed by atoms with van der Waals surface area (Å²) in [5.41, 5.74) is 0.389. The van der Waals surface area contributed by atoms with E-state index in [1.54, 1.807) is 19.2 Å². The number of hydrogen-bond donors (Lipinski definition) is 3. The summed E-state index contributed by atoms with van der Waals surface area (Å²) in [4.78, 5) is 25.0. The first-order valence-electron chi connectivity index (χ1n) is 8.92. The Morgan fingerprint density at radius 3 is 2.30 bits per heavy atom. The number of benzene rings is 2. The van der Waals surface area contributed by atoms with Crippen LogP contribution >= 0.6 is 11.6 Å². The van der Waals surface area contributed by atoms with Crippen LogP contribution in [0.2, 0.25) is 5.02 Å². The van der Waals surface area contributed by atoms with Gasteiger partial charge >= 0.3 is 6.18 Å². The van der Waals surface area contributed by atoms with Crippen LogP contribution in [0.25, 0.3) is 0 Å². The molecule has 2 aromatic carbocycles. The van der Waals surface area contributed by atoms with Gasteiger partial charge in [-0.15, -0.1) is 0 Å². The molecular formula is C20H22ClF3N3O3+. The summed E-state index contributed by atoms with van der Waals surface area (Å²) in [5, 5.41) is 4.67. The minimum Gasteiger partial charge on any atom is -0.495 e. The number of aryl methyl sites for hydroxylation is 1. The molecule has 6 nitrogen and oxygen atoms in total. The summed E-state index contributed by atoms with van der Waals surface area (Å²) in [6, 6.07) is 8.46. The number of ether oxygens (including phenoxy) is 1. The second-order valence-electron chi connectivity index (χ2n) is 6.80. The molecule has 0 aliphatic rings. The predicted molar refractivity (Wildman–Crippen MR) is 108 cm³/mol. The summed E-state index contributed by atoms with van der Waals surface area (Å²) < 4.78 is 44.0. The fraction of sp³-hybridized carbons (Fsp3) is 0.300. The molecule has 0 radical (unpaired) electrons. The molecule has 0 saturated carbocycles. The van der Waals surface area contributed by atoms with Crippen LogP contribution in [0.4, 0.5) is 24.5 Å². The van der Waals surface area contributed by atoms with E-state index in [1.165, 1.54) is 13.2 Å². The van der Waals surface area contributed by atoms with Gasteiger partial charge < -0.3 is 20.3 Å². The largest absolute Gasteiger partial charge is 0.495 e. The average Bonchev–Trinajstić information content (AvgIpc) is 2.62. The van der Waals surface area contributed by atoms with E-state index in [2.05, 4.69) is 10.6 Å². The van der Waals surface area contributed by atoms with Gasteiger partial charge in [0.25, 0.3) is 11.8 Å². The van der Waals surface area contributed by atoms with Crippen molar-refractivity contribution in [2.75, 3.05) is 37.9 Å². The van der Waals surface area contributed by atoms with Crippen molar-refractivity contribution >= 4 is 34.8 Å². The van der Waals surface area contributed by atoms with Gasteiger partial charge in [-0.05, 0) is 42.8 Å². The van der Waals surface area contributed by atoms with E-state index in [0.717, 1.165) is 17.7 Å². The Balaban J connectivity index is 1.94. The fourth-order valence-electron chi connectivity index (χ4n) is 2.75. The van der Waals surface area contributed by atoms with Crippen LogP contribution in [0.5, 0.6) is 5.75 Å². The molecule has 10 heteroatoms. The zero-order chi connectivity index (χ0) is 22.5. The summed E-state index contributed by atoms with van der Waals surface area (Å²) in [7, 11) is 3.11. The van der Waals surface area contributed by atoms with Gasteiger partial charge in [0.2, 0.25) is 0 Å². The number of likely N-dealkylation sites (N-methyl/N-ethyl adjacent to an activating group) is 1. The number of methoxy groups -OCH3 is 1. The molecule has 0 spiro atoms. The molecule has 162 valence electrons. The maximum atomic E-state index is 12.9. The molecule has 3 N–H and O–H groups in total. The SMILES string of the molecule is COc1ccc(C)cc1NC(=O)C[NH+](C)CC(=O)Nc1ccc(Cl)c(C(F)(F)F)c1. The average molecular weight is 445 g/mol. The van der Waals surface area contributed by atoms with Gasteiger partial charge in [-0.25, -0.2) is 0 Å². The summed E-state index contributed by atoms with van der Waals surface area (Å²) in [5.74, 6) is -0.369. The number of nitrogens with one attached hydrogen (secondary N) is 3. The first-order chi connectivity index (χ1) is 14.0. The number of amides is 2. The second-order valence-corrected chi connectivity index (χ2v) is 7.21. The molecule has 0 heterocycles. The Morgan fingerprint density at radius 1 is 1.07 bits per heavy atom. The standard InChI is InChI=1S/C20H21ClF3N3O3/c1-12-4-7-17(30-3)16(8-12)26-19(29)11-27(2)10-18(28)25-13-5-6-15(21)14(9-13)20(22,23)24/h4-9H,10-11H2,1-3H3,(H,25,28)(H,26,29)/p+1. The van der Waals surface area contributed by atoms with Crippen LogP contribution in [-0.2, 0) is 15.8 Å². The zero-order valence-electron chi connectivity index (χ0n) is 16.6. The van der Waals surface area contributed by atoms with Crippen LogP contribution in [0.1, 0.15) is 11.1 Å². The molecule has 2 rings (SSSR count). The van der Waals surface area contributed by atoms with E-state index >= 15 is 0 Å². The lowest BCUT2D eigenvalue weighted by Crippen LogP contribution is -3.11. The Bertz CT molecular complexity index is 935. The molecule has 30 heavy (non-hydrogen) atoms. The van der Waals surface area contributed by atoms with Crippen molar-refractivity contribution in [1.29, 1.82) is 0 Å². The van der Waals surface area contributed by atoms with Crippen molar-refractivity contribution in [3.05, 3.63) is 52.5 Å². The van der Waals surface area contributed by atoms with Gasteiger partial charge in [0, 0.05) is 5.69 Å². The number of rotatable bonds is 7. The lowest BCUT2D eigenvalue weighted by Gasteiger charge is -2.16. The van der Waals surface area contributed by atoms with Crippen LogP contribution in [0.15, 0.2) is 36.4 Å². The smallest absolute Gasteiger partial charge is 0.417 e. The normalized spacial score (nSPS) is 12.2. The summed E-state index contributed by atoms with van der Waals surface area (Å²) in [6.07, 6.45) is -4.63. The van der Waals surface area contributed by atoms with Crippen LogP contribution in [0.3, 0.4) is 0 Å². The lowest BCUT2D eigenvalue weighted by molar-refractivity contribution is -0.862. The van der Waals surface area contributed by atoms with Crippen molar-refractivity contribution in [3.63, 3.8) is 0 Å². The maximum absolute atomic E-state index is 12.9. The Kier molecular flexibility index (Phi) is 7.69. The molecule has 0 aromatic heterocycles. The van der Waals surface area contributed by atoms with Gasteiger partial charge in [0.05, 0.1) is 30.4 Å². The molecule has 2 aromatic rings. The third-order valence-electron chi connectivity index (χ3n) is 4.11. The highest BCUT2D eigenvalue weighted by Crippen LogP contribution is 2.36. The molecule has 0 aliphatic heterocycles. The molecule has 0 aliphatic carbocycles. The van der Waals surface area contributed by atoms with Crippen molar-refractivity contribution in [2.45, 2.75) is 13.1 Å². The second kappa shape index (κ2) is 9.82.